The monoisotopic (exact) mass is 468 g/mol. The second-order valence-electron chi connectivity index (χ2n) is 7.28. The molecule has 0 radical (unpaired) electrons. The molecule has 0 aliphatic carbocycles. The number of nitrogens with one attached hydrogen (secondary N) is 2. The fraction of sp³-hybridized carbons (Fsp3) is 0.0385. The average molecular weight is 469 g/mol. The van der Waals surface area contributed by atoms with Gasteiger partial charge in [-0.25, -0.2) is 9.97 Å². The van der Waals surface area contributed by atoms with Crippen LogP contribution in [0.4, 0.5) is 17.1 Å². The van der Waals surface area contributed by atoms with Crippen molar-refractivity contribution in [3.05, 3.63) is 96.6 Å². The highest BCUT2D eigenvalue weighted by molar-refractivity contribution is 8.00. The third-order valence-electron chi connectivity index (χ3n) is 4.99. The SMILES string of the molecule is O=C(CSc1ncnc2scc(-c3ccccc3)c12)Nc1ccc(Nc2ccccc2)cc1. The van der Waals surface area contributed by atoms with Gasteiger partial charge in [0.25, 0.3) is 0 Å². The number of aromatic nitrogens is 2. The van der Waals surface area contributed by atoms with Gasteiger partial charge in [0, 0.05) is 28.0 Å². The third kappa shape index (κ3) is 5.05. The maximum atomic E-state index is 12.6. The molecule has 0 fully saturated rings. The number of hydrogen-bond donors (Lipinski definition) is 2. The number of rotatable bonds is 7. The summed E-state index contributed by atoms with van der Waals surface area (Å²) in [5.74, 6) is 0.187. The summed E-state index contributed by atoms with van der Waals surface area (Å²) in [6.45, 7) is 0. The molecule has 2 aromatic heterocycles. The Kier molecular flexibility index (Phi) is 6.32. The highest BCUT2D eigenvalue weighted by Crippen LogP contribution is 2.37. The quantitative estimate of drug-likeness (QED) is 0.202. The van der Waals surface area contributed by atoms with E-state index in [9.17, 15) is 4.79 Å². The van der Waals surface area contributed by atoms with Crippen LogP contribution in [-0.4, -0.2) is 21.6 Å². The predicted octanol–water partition coefficient (Wildman–Crippen LogP) is 6.83. The molecule has 0 unspecified atom stereocenters. The van der Waals surface area contributed by atoms with Crippen molar-refractivity contribution in [2.45, 2.75) is 5.03 Å². The summed E-state index contributed by atoms with van der Waals surface area (Å²) in [5.41, 5.74) is 4.95. The number of thioether (sulfide) groups is 1. The molecule has 162 valence electrons. The van der Waals surface area contributed by atoms with Crippen LogP contribution in [0, 0.1) is 0 Å². The van der Waals surface area contributed by atoms with Crippen LogP contribution in [0.3, 0.4) is 0 Å². The standard InChI is InChI=1S/C26H20N4OS2/c31-23(30-21-13-11-20(12-14-21)29-19-9-5-2-6-10-19)16-33-26-24-22(18-7-3-1-4-8-18)15-32-25(24)27-17-28-26/h1-15,17,29H,16H2,(H,30,31). The van der Waals surface area contributed by atoms with Crippen LogP contribution < -0.4 is 10.6 Å². The van der Waals surface area contributed by atoms with Gasteiger partial charge in [0.15, 0.2) is 0 Å². The molecule has 5 rings (SSSR count). The van der Waals surface area contributed by atoms with E-state index in [2.05, 4.69) is 38.1 Å². The van der Waals surface area contributed by atoms with Crippen molar-refractivity contribution in [3.8, 4) is 11.1 Å². The number of carbonyl (C=O) groups excluding carboxylic acids is 1. The van der Waals surface area contributed by atoms with Gasteiger partial charge in [0.1, 0.15) is 16.2 Å². The van der Waals surface area contributed by atoms with Crippen LogP contribution in [-0.2, 0) is 4.79 Å². The molecule has 33 heavy (non-hydrogen) atoms. The first kappa shape index (κ1) is 21.2. The number of anilines is 3. The number of amides is 1. The van der Waals surface area contributed by atoms with Crippen molar-refractivity contribution in [1.82, 2.24) is 9.97 Å². The molecule has 0 bridgehead atoms. The Morgan fingerprint density at radius 1 is 0.818 bits per heavy atom. The zero-order valence-electron chi connectivity index (χ0n) is 17.6. The van der Waals surface area contributed by atoms with Crippen molar-refractivity contribution in [1.29, 1.82) is 0 Å². The zero-order chi connectivity index (χ0) is 22.5. The predicted molar refractivity (Wildman–Crippen MR) is 138 cm³/mol. The van der Waals surface area contributed by atoms with Gasteiger partial charge in [-0.2, -0.15) is 0 Å². The molecule has 0 saturated heterocycles. The molecule has 0 saturated carbocycles. The fourth-order valence-corrected chi connectivity index (χ4v) is 5.24. The molecule has 5 nitrogen and oxygen atoms in total. The van der Waals surface area contributed by atoms with Crippen molar-refractivity contribution in [3.63, 3.8) is 0 Å². The Morgan fingerprint density at radius 3 is 2.24 bits per heavy atom. The van der Waals surface area contributed by atoms with E-state index < -0.39 is 0 Å². The molecule has 0 aliphatic heterocycles. The van der Waals surface area contributed by atoms with E-state index in [1.807, 2.05) is 72.8 Å². The molecular formula is C26H20N4OS2. The highest BCUT2D eigenvalue weighted by Gasteiger charge is 2.14. The van der Waals surface area contributed by atoms with E-state index in [1.165, 1.54) is 11.8 Å². The lowest BCUT2D eigenvalue weighted by Gasteiger charge is -2.09. The molecule has 2 heterocycles. The summed E-state index contributed by atoms with van der Waals surface area (Å²) in [6.07, 6.45) is 1.56. The minimum atomic E-state index is -0.0768. The minimum Gasteiger partial charge on any atom is -0.356 e. The Labute approximate surface area is 199 Å². The summed E-state index contributed by atoms with van der Waals surface area (Å²) in [7, 11) is 0. The molecule has 1 amide bonds. The van der Waals surface area contributed by atoms with E-state index in [4.69, 9.17) is 0 Å². The summed E-state index contributed by atoms with van der Waals surface area (Å²) in [5, 5.41) is 10.2. The largest absolute Gasteiger partial charge is 0.356 e. The lowest BCUT2D eigenvalue weighted by Crippen LogP contribution is -2.14. The lowest BCUT2D eigenvalue weighted by molar-refractivity contribution is -0.113. The normalized spacial score (nSPS) is 10.8. The van der Waals surface area contributed by atoms with Crippen LogP contribution in [0.5, 0.6) is 0 Å². The first-order valence-electron chi connectivity index (χ1n) is 10.4. The van der Waals surface area contributed by atoms with Crippen LogP contribution in [0.15, 0.2) is 102 Å². The van der Waals surface area contributed by atoms with Gasteiger partial charge in [-0.15, -0.1) is 11.3 Å². The van der Waals surface area contributed by atoms with Crippen molar-refractivity contribution >= 4 is 56.3 Å². The van der Waals surface area contributed by atoms with Crippen LogP contribution in [0.1, 0.15) is 0 Å². The van der Waals surface area contributed by atoms with Gasteiger partial charge < -0.3 is 10.6 Å². The van der Waals surface area contributed by atoms with Gasteiger partial charge in [-0.1, -0.05) is 60.3 Å². The summed E-state index contributed by atoms with van der Waals surface area (Å²) >= 11 is 3.02. The van der Waals surface area contributed by atoms with Gasteiger partial charge in [0.2, 0.25) is 5.91 Å². The van der Waals surface area contributed by atoms with Gasteiger partial charge in [-0.05, 0) is 42.0 Å². The van der Waals surface area contributed by atoms with Gasteiger partial charge >= 0.3 is 0 Å². The van der Waals surface area contributed by atoms with E-state index in [1.54, 1.807) is 17.7 Å². The molecular weight excluding hydrogens is 448 g/mol. The van der Waals surface area contributed by atoms with Crippen LogP contribution in [0.2, 0.25) is 0 Å². The van der Waals surface area contributed by atoms with E-state index in [0.717, 1.165) is 43.4 Å². The molecule has 5 aromatic rings. The lowest BCUT2D eigenvalue weighted by atomic mass is 10.1. The molecule has 0 spiro atoms. The van der Waals surface area contributed by atoms with E-state index in [0.29, 0.717) is 0 Å². The third-order valence-corrected chi connectivity index (χ3v) is 6.87. The maximum Gasteiger partial charge on any atom is 0.234 e. The number of para-hydroxylation sites is 1. The minimum absolute atomic E-state index is 0.0768. The van der Waals surface area contributed by atoms with Gasteiger partial charge in [-0.3, -0.25) is 4.79 Å². The topological polar surface area (TPSA) is 66.9 Å². The summed E-state index contributed by atoms with van der Waals surface area (Å²) < 4.78 is 0. The van der Waals surface area contributed by atoms with Crippen molar-refractivity contribution in [2.75, 3.05) is 16.4 Å². The molecule has 3 aromatic carbocycles. The first-order valence-corrected chi connectivity index (χ1v) is 12.3. The van der Waals surface area contributed by atoms with Crippen LogP contribution in [0.25, 0.3) is 21.3 Å². The Balaban J connectivity index is 1.25. The summed E-state index contributed by atoms with van der Waals surface area (Å²) in [6, 6.07) is 27.8. The molecule has 0 aliphatic rings. The Morgan fingerprint density at radius 2 is 1.48 bits per heavy atom. The number of fused-ring (bicyclic) bond motifs is 1. The number of benzene rings is 3. The van der Waals surface area contributed by atoms with Crippen molar-refractivity contribution < 1.29 is 4.79 Å². The number of carbonyl (C=O) groups is 1. The number of nitrogens with zero attached hydrogens (tertiary/aromatic N) is 2. The van der Waals surface area contributed by atoms with E-state index >= 15 is 0 Å². The number of hydrogen-bond acceptors (Lipinski definition) is 6. The Hall–Kier alpha value is -3.68. The van der Waals surface area contributed by atoms with Crippen molar-refractivity contribution in [2.24, 2.45) is 0 Å². The first-order chi connectivity index (χ1) is 16.3. The fourth-order valence-electron chi connectivity index (χ4n) is 3.44. The smallest absolute Gasteiger partial charge is 0.234 e. The average Bonchev–Trinajstić information content (AvgIpc) is 3.30. The van der Waals surface area contributed by atoms with E-state index in [-0.39, 0.29) is 11.7 Å². The highest BCUT2D eigenvalue weighted by atomic mass is 32.2. The molecule has 0 atom stereocenters. The number of thiophene rings is 1. The second-order valence-corrected chi connectivity index (χ2v) is 9.10. The second kappa shape index (κ2) is 9.85. The molecule has 7 heteroatoms. The summed E-state index contributed by atoms with van der Waals surface area (Å²) in [4.78, 5) is 22.4. The molecule has 2 N–H and O–H groups in total. The van der Waals surface area contributed by atoms with Gasteiger partial charge in [0.05, 0.1) is 11.1 Å². The van der Waals surface area contributed by atoms with Crippen LogP contribution >= 0.6 is 23.1 Å². The maximum absolute atomic E-state index is 12.6. The Bertz CT molecular complexity index is 1370. The zero-order valence-corrected chi connectivity index (χ0v) is 19.2.